The normalized spacial score (nSPS) is 15.4. The van der Waals surface area contributed by atoms with Gasteiger partial charge in [0.15, 0.2) is 9.84 Å². The zero-order valence-corrected chi connectivity index (χ0v) is 18.1. The Hall–Kier alpha value is -2.60. The van der Waals surface area contributed by atoms with Crippen LogP contribution in [-0.2, 0) is 26.9 Å². The van der Waals surface area contributed by atoms with Gasteiger partial charge in [0, 0.05) is 22.8 Å². The number of amides is 1. The molecule has 6 heteroatoms. The average molecular weight is 425 g/mol. The number of hydrogen-bond donors (Lipinski definition) is 1. The number of sulfone groups is 1. The highest BCUT2D eigenvalue weighted by Crippen LogP contribution is 2.27. The third-order valence-electron chi connectivity index (χ3n) is 5.94. The topological polar surface area (TPSA) is 68.2 Å². The van der Waals surface area contributed by atoms with Crippen LogP contribution in [-0.4, -0.2) is 24.1 Å². The molecule has 0 spiro atoms. The molecule has 1 aliphatic rings. The number of anilines is 1. The number of aromatic nitrogens is 1. The van der Waals surface area contributed by atoms with Gasteiger partial charge in [-0.15, -0.1) is 0 Å². The molecule has 0 radical (unpaired) electrons. The summed E-state index contributed by atoms with van der Waals surface area (Å²) >= 11 is 0. The molecule has 0 atom stereocenters. The number of aryl methyl sites for hydroxylation is 1. The number of carbonyl (C=O) groups is 1. The van der Waals surface area contributed by atoms with Crippen molar-refractivity contribution in [3.8, 4) is 0 Å². The first-order valence-corrected chi connectivity index (χ1v) is 12.3. The summed E-state index contributed by atoms with van der Waals surface area (Å²) in [7, 11) is -3.17. The Morgan fingerprint density at radius 1 is 1.07 bits per heavy atom. The van der Waals surface area contributed by atoms with Crippen LogP contribution in [0.4, 0.5) is 5.69 Å². The predicted molar refractivity (Wildman–Crippen MR) is 121 cm³/mol. The number of nitrogens with one attached hydrogen (secondary N) is 1. The smallest absolute Gasteiger partial charge is 0.244 e. The van der Waals surface area contributed by atoms with Crippen molar-refractivity contribution in [2.45, 2.75) is 56.6 Å². The van der Waals surface area contributed by atoms with Crippen molar-refractivity contribution in [1.29, 1.82) is 0 Å². The van der Waals surface area contributed by atoms with E-state index in [4.69, 9.17) is 0 Å². The van der Waals surface area contributed by atoms with Crippen LogP contribution < -0.4 is 5.32 Å². The van der Waals surface area contributed by atoms with E-state index in [1.54, 1.807) is 18.2 Å². The molecule has 0 bridgehead atoms. The van der Waals surface area contributed by atoms with Crippen LogP contribution in [0.1, 0.15) is 43.2 Å². The van der Waals surface area contributed by atoms with Gasteiger partial charge in [-0.3, -0.25) is 4.79 Å². The van der Waals surface area contributed by atoms with Crippen molar-refractivity contribution in [1.82, 2.24) is 4.57 Å². The van der Waals surface area contributed by atoms with E-state index < -0.39 is 9.84 Å². The number of fused-ring (bicyclic) bond motifs is 1. The Bertz CT molecular complexity index is 1160. The lowest BCUT2D eigenvalue weighted by Crippen LogP contribution is -2.25. The second-order valence-electron chi connectivity index (χ2n) is 8.27. The third-order valence-corrected chi connectivity index (χ3v) is 8.16. The van der Waals surface area contributed by atoms with E-state index in [1.807, 2.05) is 42.0 Å². The van der Waals surface area contributed by atoms with Gasteiger partial charge in [0.1, 0.15) is 6.54 Å². The summed E-state index contributed by atoms with van der Waals surface area (Å²) in [5.41, 5.74) is 3.51. The number of nitrogens with zero attached hydrogens (tertiary/aromatic N) is 1. The molecule has 0 unspecified atom stereocenters. The second-order valence-corrected chi connectivity index (χ2v) is 10.6. The van der Waals surface area contributed by atoms with Gasteiger partial charge >= 0.3 is 0 Å². The van der Waals surface area contributed by atoms with Crippen molar-refractivity contribution in [3.63, 3.8) is 0 Å². The average Bonchev–Trinajstić information content (AvgIpc) is 3.04. The van der Waals surface area contributed by atoms with Gasteiger partial charge in [0.2, 0.25) is 5.91 Å². The molecule has 4 rings (SSSR count). The Labute approximate surface area is 178 Å². The Kier molecular flexibility index (Phi) is 5.95. The largest absolute Gasteiger partial charge is 0.338 e. The molecule has 2 aromatic carbocycles. The monoisotopic (exact) mass is 424 g/mol. The second kappa shape index (κ2) is 8.64. The van der Waals surface area contributed by atoms with Gasteiger partial charge in [-0.2, -0.15) is 0 Å². The van der Waals surface area contributed by atoms with E-state index in [2.05, 4.69) is 11.4 Å². The molecular weight excluding hydrogens is 396 g/mol. The number of carbonyl (C=O) groups excluding carboxylic acids is 1. The van der Waals surface area contributed by atoms with Crippen molar-refractivity contribution in [3.05, 3.63) is 65.9 Å². The Morgan fingerprint density at radius 2 is 1.83 bits per heavy atom. The third kappa shape index (κ3) is 4.59. The fraction of sp³-hybridized carbons (Fsp3) is 0.375. The fourth-order valence-corrected chi connectivity index (χ4v) is 6.36. The number of hydrogen-bond acceptors (Lipinski definition) is 3. The fourth-order valence-electron chi connectivity index (χ4n) is 4.43. The first-order valence-electron chi connectivity index (χ1n) is 10.6. The molecule has 1 fully saturated rings. The zero-order chi connectivity index (χ0) is 21.1. The maximum Gasteiger partial charge on any atom is 0.244 e. The summed E-state index contributed by atoms with van der Waals surface area (Å²) in [6.45, 7) is 2.24. The molecule has 5 nitrogen and oxygen atoms in total. The first kappa shape index (κ1) is 20.7. The van der Waals surface area contributed by atoms with E-state index in [0.717, 1.165) is 54.1 Å². The molecule has 0 saturated heterocycles. The van der Waals surface area contributed by atoms with Gasteiger partial charge in [0.05, 0.1) is 11.0 Å². The Balaban J connectivity index is 1.44. The van der Waals surface area contributed by atoms with Crippen LogP contribution in [0, 0.1) is 6.92 Å². The molecule has 3 aromatic rings. The van der Waals surface area contributed by atoms with Crippen LogP contribution in [0.5, 0.6) is 0 Å². The van der Waals surface area contributed by atoms with Crippen LogP contribution in [0.2, 0.25) is 0 Å². The summed E-state index contributed by atoms with van der Waals surface area (Å²) in [5.74, 6) is -0.106. The molecule has 1 amide bonds. The molecule has 1 saturated carbocycles. The van der Waals surface area contributed by atoms with Crippen LogP contribution >= 0.6 is 0 Å². The predicted octanol–water partition coefficient (Wildman–Crippen LogP) is 4.84. The van der Waals surface area contributed by atoms with Crippen LogP contribution in [0.3, 0.4) is 0 Å². The van der Waals surface area contributed by atoms with Crippen LogP contribution in [0.15, 0.2) is 54.7 Å². The molecule has 1 N–H and O–H groups in total. The molecular formula is C24H28N2O3S. The maximum absolute atomic E-state index is 12.8. The van der Waals surface area contributed by atoms with Crippen molar-refractivity contribution in [2.75, 3.05) is 5.32 Å². The lowest BCUT2D eigenvalue weighted by atomic mass is 10.0. The summed E-state index contributed by atoms with van der Waals surface area (Å²) < 4.78 is 27.5. The van der Waals surface area contributed by atoms with E-state index in [-0.39, 0.29) is 23.5 Å². The molecule has 1 heterocycles. The SMILES string of the molecule is Cc1cn(CC(=O)Nc2cccc(CS(=O)(=O)C3CCCCC3)c2)c2ccccc12. The number of benzene rings is 2. The van der Waals surface area contributed by atoms with Crippen molar-refractivity contribution >= 4 is 32.3 Å². The van der Waals surface area contributed by atoms with Gasteiger partial charge in [-0.05, 0) is 49.1 Å². The summed E-state index contributed by atoms with van der Waals surface area (Å²) in [6, 6.07) is 15.2. The first-order chi connectivity index (χ1) is 14.4. The van der Waals surface area contributed by atoms with Gasteiger partial charge in [-0.25, -0.2) is 8.42 Å². The van der Waals surface area contributed by atoms with Crippen molar-refractivity contribution in [2.24, 2.45) is 0 Å². The van der Waals surface area contributed by atoms with Crippen LogP contribution in [0.25, 0.3) is 10.9 Å². The van der Waals surface area contributed by atoms with Crippen molar-refractivity contribution < 1.29 is 13.2 Å². The molecule has 30 heavy (non-hydrogen) atoms. The standard InChI is InChI=1S/C24H28N2O3S/c1-18-15-26(23-13-6-5-12-22(18)23)16-24(27)25-20-9-7-8-19(14-20)17-30(28,29)21-10-3-2-4-11-21/h5-9,12-15,21H,2-4,10-11,16-17H2,1H3,(H,25,27). The highest BCUT2D eigenvalue weighted by Gasteiger charge is 2.27. The van der Waals surface area contributed by atoms with Gasteiger partial charge in [0.25, 0.3) is 0 Å². The van der Waals surface area contributed by atoms with Gasteiger partial charge < -0.3 is 9.88 Å². The van der Waals surface area contributed by atoms with E-state index in [9.17, 15) is 13.2 Å². The lowest BCUT2D eigenvalue weighted by Gasteiger charge is -2.21. The van der Waals surface area contributed by atoms with E-state index in [0.29, 0.717) is 5.69 Å². The molecule has 0 aliphatic heterocycles. The zero-order valence-electron chi connectivity index (χ0n) is 17.3. The number of para-hydroxylation sites is 1. The minimum Gasteiger partial charge on any atom is -0.338 e. The summed E-state index contributed by atoms with van der Waals surface area (Å²) in [5, 5.41) is 3.83. The molecule has 158 valence electrons. The van der Waals surface area contributed by atoms with Gasteiger partial charge in [-0.1, -0.05) is 49.6 Å². The molecule has 1 aliphatic carbocycles. The number of rotatable bonds is 6. The quantitative estimate of drug-likeness (QED) is 0.616. The maximum atomic E-state index is 12.8. The Morgan fingerprint density at radius 3 is 2.63 bits per heavy atom. The minimum absolute atomic E-state index is 0.0306. The summed E-state index contributed by atoms with van der Waals surface area (Å²) in [6.07, 6.45) is 6.63. The molecule has 1 aromatic heterocycles. The lowest BCUT2D eigenvalue weighted by molar-refractivity contribution is -0.116. The van der Waals surface area contributed by atoms with E-state index >= 15 is 0 Å². The summed E-state index contributed by atoms with van der Waals surface area (Å²) in [4.78, 5) is 12.6. The van der Waals surface area contributed by atoms with E-state index in [1.165, 1.54) is 0 Å². The minimum atomic E-state index is -3.17. The highest BCUT2D eigenvalue weighted by atomic mass is 32.2. The highest BCUT2D eigenvalue weighted by molar-refractivity contribution is 7.91.